The third-order valence-electron chi connectivity index (χ3n) is 2.77. The van der Waals surface area contributed by atoms with Crippen LogP contribution in [0.2, 0.25) is 0 Å². The van der Waals surface area contributed by atoms with Gasteiger partial charge in [-0.25, -0.2) is 9.59 Å². The van der Waals surface area contributed by atoms with Crippen molar-refractivity contribution in [2.24, 2.45) is 0 Å². The summed E-state index contributed by atoms with van der Waals surface area (Å²) in [6.07, 6.45) is 5.38. The van der Waals surface area contributed by atoms with E-state index in [0.717, 1.165) is 0 Å². The molecular formula is C17H26N2O5. The average molecular weight is 338 g/mol. The summed E-state index contributed by atoms with van der Waals surface area (Å²) in [4.78, 5) is 37.2. The summed E-state index contributed by atoms with van der Waals surface area (Å²) in [7, 11) is 0. The molecule has 134 valence electrons. The lowest BCUT2D eigenvalue weighted by molar-refractivity contribution is -0.112. The Labute approximate surface area is 142 Å². The minimum atomic E-state index is -1.40. The lowest BCUT2D eigenvalue weighted by Gasteiger charge is -2.32. The maximum atomic E-state index is 12.2. The molecule has 24 heavy (non-hydrogen) atoms. The maximum absolute atomic E-state index is 12.2. The van der Waals surface area contributed by atoms with E-state index in [1.165, 1.54) is 17.2 Å². The molecule has 1 rings (SSSR count). The number of rotatable bonds is 2. The van der Waals surface area contributed by atoms with Crippen molar-refractivity contribution in [2.75, 3.05) is 6.54 Å². The Morgan fingerprint density at radius 2 is 1.67 bits per heavy atom. The van der Waals surface area contributed by atoms with E-state index in [9.17, 15) is 14.4 Å². The lowest BCUT2D eigenvalue weighted by atomic mass is 10.0. The first-order valence-corrected chi connectivity index (χ1v) is 7.69. The molecule has 0 radical (unpaired) electrons. The van der Waals surface area contributed by atoms with Crippen molar-refractivity contribution >= 4 is 18.5 Å². The SMILES string of the molecule is CC(C)(C)OC(=O)N[C@]1(C=O)C=CC=CN(C(=O)OC(C)(C)C)C1. The number of hydrogen-bond donors (Lipinski definition) is 1. The predicted molar refractivity (Wildman–Crippen MR) is 89.4 cm³/mol. The van der Waals surface area contributed by atoms with Crippen LogP contribution in [-0.4, -0.2) is 46.7 Å². The van der Waals surface area contributed by atoms with Crippen molar-refractivity contribution < 1.29 is 23.9 Å². The second kappa shape index (κ2) is 7.07. The molecule has 0 saturated carbocycles. The number of nitrogens with one attached hydrogen (secondary N) is 1. The molecule has 0 saturated heterocycles. The van der Waals surface area contributed by atoms with E-state index < -0.39 is 28.9 Å². The molecule has 7 heteroatoms. The molecule has 0 unspecified atom stereocenters. The molecule has 1 aliphatic rings. The first-order valence-electron chi connectivity index (χ1n) is 7.69. The van der Waals surface area contributed by atoms with E-state index in [1.807, 2.05) is 0 Å². The van der Waals surface area contributed by atoms with Crippen LogP contribution in [0.5, 0.6) is 0 Å². The van der Waals surface area contributed by atoms with Gasteiger partial charge in [-0.15, -0.1) is 0 Å². The minimum Gasteiger partial charge on any atom is -0.444 e. The van der Waals surface area contributed by atoms with Crippen LogP contribution in [0, 0.1) is 0 Å². The Morgan fingerprint density at radius 1 is 1.08 bits per heavy atom. The fraction of sp³-hybridized carbons (Fsp3) is 0.588. The van der Waals surface area contributed by atoms with Crippen LogP contribution in [-0.2, 0) is 14.3 Å². The van der Waals surface area contributed by atoms with E-state index >= 15 is 0 Å². The highest BCUT2D eigenvalue weighted by atomic mass is 16.6. The van der Waals surface area contributed by atoms with Gasteiger partial charge in [0.05, 0.1) is 6.54 Å². The molecular weight excluding hydrogens is 312 g/mol. The molecule has 0 aromatic carbocycles. The van der Waals surface area contributed by atoms with Gasteiger partial charge in [0.25, 0.3) is 0 Å². The summed E-state index contributed by atoms with van der Waals surface area (Å²) in [5.41, 5.74) is -2.78. The molecule has 7 nitrogen and oxygen atoms in total. The molecule has 0 aromatic rings. The van der Waals surface area contributed by atoms with Gasteiger partial charge in [-0.2, -0.15) is 0 Å². The highest BCUT2D eigenvalue weighted by Gasteiger charge is 2.36. The second-order valence-electron chi connectivity index (χ2n) is 7.59. The zero-order valence-corrected chi connectivity index (χ0v) is 15.1. The number of alkyl carbamates (subject to hydrolysis) is 1. The fourth-order valence-corrected chi connectivity index (χ4v) is 1.89. The van der Waals surface area contributed by atoms with Crippen LogP contribution in [0.15, 0.2) is 24.4 Å². The molecule has 1 heterocycles. The largest absolute Gasteiger partial charge is 0.444 e. The van der Waals surface area contributed by atoms with Crippen LogP contribution in [0.1, 0.15) is 41.5 Å². The Balaban J connectivity index is 2.92. The number of aldehydes is 1. The molecule has 1 atom stereocenters. The highest BCUT2D eigenvalue weighted by Crippen LogP contribution is 2.17. The molecule has 0 fully saturated rings. The monoisotopic (exact) mass is 338 g/mol. The van der Waals surface area contributed by atoms with Gasteiger partial charge in [0.2, 0.25) is 0 Å². The molecule has 0 aromatic heterocycles. The molecule has 1 aliphatic heterocycles. The Bertz CT molecular complexity index is 554. The normalized spacial score (nSPS) is 21.0. The predicted octanol–water partition coefficient (Wildman–Crippen LogP) is 2.77. The van der Waals surface area contributed by atoms with E-state index in [2.05, 4.69) is 5.32 Å². The summed E-state index contributed by atoms with van der Waals surface area (Å²) in [6, 6.07) is 0. The van der Waals surface area contributed by atoms with Crippen molar-refractivity contribution in [3.63, 3.8) is 0 Å². The minimum absolute atomic E-state index is 0.0995. The van der Waals surface area contributed by atoms with Crippen molar-refractivity contribution in [3.8, 4) is 0 Å². The van der Waals surface area contributed by atoms with Crippen LogP contribution < -0.4 is 5.32 Å². The van der Waals surface area contributed by atoms with Crippen molar-refractivity contribution in [2.45, 2.75) is 58.3 Å². The second-order valence-corrected chi connectivity index (χ2v) is 7.59. The number of ether oxygens (including phenoxy) is 2. The van der Waals surface area contributed by atoms with Gasteiger partial charge < -0.3 is 19.6 Å². The van der Waals surface area contributed by atoms with Gasteiger partial charge in [-0.1, -0.05) is 12.2 Å². The third kappa shape index (κ3) is 6.44. The van der Waals surface area contributed by atoms with Gasteiger partial charge >= 0.3 is 12.2 Å². The van der Waals surface area contributed by atoms with E-state index in [-0.39, 0.29) is 6.54 Å². The van der Waals surface area contributed by atoms with Crippen molar-refractivity contribution in [1.29, 1.82) is 0 Å². The van der Waals surface area contributed by atoms with Gasteiger partial charge in [-0.05, 0) is 47.6 Å². The van der Waals surface area contributed by atoms with E-state index in [4.69, 9.17) is 9.47 Å². The van der Waals surface area contributed by atoms with Crippen LogP contribution in [0.3, 0.4) is 0 Å². The standard InChI is InChI=1S/C17H26N2O5/c1-15(2,3)23-13(21)18-17(12-20)9-7-8-10-19(11-17)14(22)24-16(4,5)6/h7-10,12H,11H2,1-6H3,(H,18,21)/t17-/m1/s1. The highest BCUT2D eigenvalue weighted by molar-refractivity contribution is 5.80. The summed E-state index contributed by atoms with van der Waals surface area (Å²) in [5, 5.41) is 2.52. The quantitative estimate of drug-likeness (QED) is 0.783. The van der Waals surface area contributed by atoms with Crippen molar-refractivity contribution in [3.05, 3.63) is 24.4 Å². The average Bonchev–Trinajstić information content (AvgIpc) is 2.57. The van der Waals surface area contributed by atoms with Crippen molar-refractivity contribution in [1.82, 2.24) is 10.2 Å². The van der Waals surface area contributed by atoms with E-state index in [1.54, 1.807) is 53.7 Å². The number of carbonyl (C=O) groups excluding carboxylic acids is 3. The fourth-order valence-electron chi connectivity index (χ4n) is 1.89. The van der Waals surface area contributed by atoms with Gasteiger partial charge in [0, 0.05) is 6.20 Å². The summed E-state index contributed by atoms with van der Waals surface area (Å²) in [5.74, 6) is 0. The number of amides is 2. The molecule has 0 spiro atoms. The van der Waals surface area contributed by atoms with Gasteiger partial charge in [0.15, 0.2) is 6.29 Å². The maximum Gasteiger partial charge on any atom is 0.414 e. The molecule has 0 aliphatic carbocycles. The lowest BCUT2D eigenvalue weighted by Crippen LogP contribution is -2.56. The number of nitrogens with zero attached hydrogens (tertiary/aromatic N) is 1. The zero-order chi connectivity index (χ0) is 18.6. The van der Waals surface area contributed by atoms with Crippen LogP contribution >= 0.6 is 0 Å². The first-order chi connectivity index (χ1) is 10.9. The third-order valence-corrected chi connectivity index (χ3v) is 2.77. The smallest absolute Gasteiger partial charge is 0.414 e. The Kier molecular flexibility index (Phi) is 5.81. The summed E-state index contributed by atoms with van der Waals surface area (Å²) >= 11 is 0. The van der Waals surface area contributed by atoms with Gasteiger partial charge in [0.1, 0.15) is 16.7 Å². The zero-order valence-electron chi connectivity index (χ0n) is 15.1. The summed E-state index contributed by atoms with van der Waals surface area (Å²) < 4.78 is 10.5. The summed E-state index contributed by atoms with van der Waals surface area (Å²) in [6.45, 7) is 10.3. The number of hydrogen-bond acceptors (Lipinski definition) is 5. The first kappa shape index (κ1) is 19.7. The van der Waals surface area contributed by atoms with Gasteiger partial charge in [-0.3, -0.25) is 4.90 Å². The number of allylic oxidation sites excluding steroid dienone is 2. The Morgan fingerprint density at radius 3 is 2.17 bits per heavy atom. The van der Waals surface area contributed by atoms with Crippen LogP contribution in [0.25, 0.3) is 0 Å². The van der Waals surface area contributed by atoms with Crippen LogP contribution in [0.4, 0.5) is 9.59 Å². The molecule has 0 bridgehead atoms. The topological polar surface area (TPSA) is 84.9 Å². The molecule has 2 amide bonds. The Hall–Kier alpha value is -2.31. The number of carbonyl (C=O) groups is 3. The molecule has 1 N–H and O–H groups in total. The van der Waals surface area contributed by atoms with E-state index in [0.29, 0.717) is 6.29 Å².